The number of benzene rings is 2. The van der Waals surface area contributed by atoms with Gasteiger partial charge in [0.1, 0.15) is 0 Å². The summed E-state index contributed by atoms with van der Waals surface area (Å²) < 4.78 is 23.5. The monoisotopic (exact) mass is 559 g/mol. The standard InChI is InChI=1S/C29H37N3O4S.ClH/c1-22(33)32-20-25(27(21-32)24-6-4-3-5-7-24)19-30-15-12-29(13-16-30)14-17-31(28(29)34)18-23-8-10-26(11-9-23)37(2,35)36;/h3-11,25,27H,12-21H2,1-2H3;1H. The molecule has 3 fully saturated rings. The van der Waals surface area contributed by atoms with Gasteiger partial charge in [0.25, 0.3) is 0 Å². The number of nitrogens with zero attached hydrogens (tertiary/aromatic N) is 3. The minimum atomic E-state index is -3.23. The van der Waals surface area contributed by atoms with E-state index in [9.17, 15) is 18.0 Å². The summed E-state index contributed by atoms with van der Waals surface area (Å²) in [4.78, 5) is 32.3. The molecule has 1 spiro atoms. The zero-order valence-electron chi connectivity index (χ0n) is 22.2. The molecule has 2 unspecified atom stereocenters. The third kappa shape index (κ3) is 5.92. The van der Waals surface area contributed by atoms with E-state index in [1.165, 1.54) is 11.8 Å². The molecule has 0 aromatic heterocycles. The fourth-order valence-electron chi connectivity index (χ4n) is 6.46. The molecule has 38 heavy (non-hydrogen) atoms. The van der Waals surface area contributed by atoms with Crippen LogP contribution in [0.4, 0.5) is 0 Å². The number of carbonyl (C=O) groups excluding carboxylic acids is 2. The highest BCUT2D eigenvalue weighted by Gasteiger charge is 2.48. The second-order valence-corrected chi connectivity index (χ2v) is 13.2. The highest BCUT2D eigenvalue weighted by molar-refractivity contribution is 7.90. The molecule has 0 bridgehead atoms. The lowest BCUT2D eigenvalue weighted by Gasteiger charge is -2.39. The maximum atomic E-state index is 13.5. The van der Waals surface area contributed by atoms with Crippen molar-refractivity contribution in [3.8, 4) is 0 Å². The first-order valence-corrected chi connectivity index (χ1v) is 15.1. The van der Waals surface area contributed by atoms with Gasteiger partial charge in [-0.1, -0.05) is 42.5 Å². The van der Waals surface area contributed by atoms with E-state index in [1.807, 2.05) is 28.0 Å². The lowest BCUT2D eigenvalue weighted by atomic mass is 9.76. The van der Waals surface area contributed by atoms with Crippen LogP contribution in [0.3, 0.4) is 0 Å². The molecule has 3 aliphatic rings. The van der Waals surface area contributed by atoms with E-state index < -0.39 is 9.84 Å². The smallest absolute Gasteiger partial charge is 0.229 e. The molecule has 0 N–H and O–H groups in total. The van der Waals surface area contributed by atoms with Crippen LogP contribution in [0.1, 0.15) is 43.2 Å². The zero-order chi connectivity index (χ0) is 26.2. The number of rotatable bonds is 6. The predicted molar refractivity (Wildman–Crippen MR) is 150 cm³/mol. The SMILES string of the molecule is CC(=O)N1CC(CN2CCC3(CC2)CCN(Cc2ccc(S(C)(=O)=O)cc2)C3=O)C(c2ccccc2)C1.Cl. The van der Waals surface area contributed by atoms with Crippen molar-refractivity contribution in [2.45, 2.75) is 43.5 Å². The van der Waals surface area contributed by atoms with Crippen molar-refractivity contribution in [1.82, 2.24) is 14.7 Å². The summed E-state index contributed by atoms with van der Waals surface area (Å²) in [6.07, 6.45) is 3.83. The first-order valence-electron chi connectivity index (χ1n) is 13.3. The highest BCUT2D eigenvalue weighted by Crippen LogP contribution is 2.43. The van der Waals surface area contributed by atoms with E-state index in [0.717, 1.165) is 64.1 Å². The van der Waals surface area contributed by atoms with Crippen molar-refractivity contribution in [1.29, 1.82) is 0 Å². The molecular weight excluding hydrogens is 522 g/mol. The molecule has 3 heterocycles. The van der Waals surface area contributed by atoms with E-state index in [4.69, 9.17) is 0 Å². The van der Waals surface area contributed by atoms with Crippen molar-refractivity contribution >= 4 is 34.1 Å². The summed E-state index contributed by atoms with van der Waals surface area (Å²) >= 11 is 0. The Labute approximate surface area is 232 Å². The molecule has 2 aromatic carbocycles. The van der Waals surface area contributed by atoms with Crippen LogP contribution < -0.4 is 0 Å². The topological polar surface area (TPSA) is 78.0 Å². The van der Waals surface area contributed by atoms with E-state index in [1.54, 1.807) is 19.1 Å². The number of amides is 2. The normalized spacial score (nSPS) is 23.6. The van der Waals surface area contributed by atoms with Gasteiger partial charge in [-0.2, -0.15) is 0 Å². The second kappa shape index (κ2) is 11.4. The van der Waals surface area contributed by atoms with Crippen LogP contribution in [0.5, 0.6) is 0 Å². The first kappa shape index (κ1) is 28.6. The Morgan fingerprint density at radius 1 is 0.947 bits per heavy atom. The van der Waals surface area contributed by atoms with Gasteiger partial charge in [-0.3, -0.25) is 9.59 Å². The molecule has 206 valence electrons. The summed E-state index contributed by atoms with van der Waals surface area (Å²) in [5.41, 5.74) is 1.98. The Balaban J connectivity index is 0.00000336. The van der Waals surface area contributed by atoms with Crippen LogP contribution in [-0.4, -0.2) is 80.5 Å². The minimum absolute atomic E-state index is 0. The van der Waals surface area contributed by atoms with Gasteiger partial charge in [-0.25, -0.2) is 8.42 Å². The second-order valence-electron chi connectivity index (χ2n) is 11.2. The van der Waals surface area contributed by atoms with Crippen LogP contribution in [0, 0.1) is 11.3 Å². The average Bonchev–Trinajstić information content (AvgIpc) is 3.43. The Morgan fingerprint density at radius 2 is 1.58 bits per heavy atom. The molecule has 9 heteroatoms. The maximum absolute atomic E-state index is 13.5. The molecule has 2 aromatic rings. The summed E-state index contributed by atoms with van der Waals surface area (Å²) in [6.45, 7) is 7.26. The van der Waals surface area contributed by atoms with Gasteiger partial charge in [0.2, 0.25) is 11.8 Å². The zero-order valence-corrected chi connectivity index (χ0v) is 23.8. The lowest BCUT2D eigenvalue weighted by molar-refractivity contribution is -0.139. The van der Waals surface area contributed by atoms with Gasteiger partial charge >= 0.3 is 0 Å². The Kier molecular flexibility index (Phi) is 8.55. The first-order chi connectivity index (χ1) is 17.6. The minimum Gasteiger partial charge on any atom is -0.342 e. The van der Waals surface area contributed by atoms with Crippen LogP contribution in [0.15, 0.2) is 59.5 Å². The summed E-state index contributed by atoms with van der Waals surface area (Å²) in [6, 6.07) is 17.4. The molecular formula is C29H38ClN3O4S. The lowest BCUT2D eigenvalue weighted by Crippen LogP contribution is -2.46. The molecule has 3 saturated heterocycles. The maximum Gasteiger partial charge on any atom is 0.229 e. The fraction of sp³-hybridized carbons (Fsp3) is 0.517. The number of carbonyl (C=O) groups is 2. The van der Waals surface area contributed by atoms with Gasteiger partial charge in [-0.05, 0) is 61.5 Å². The molecule has 3 aliphatic heterocycles. The van der Waals surface area contributed by atoms with Gasteiger partial charge in [0, 0.05) is 51.8 Å². The predicted octanol–water partition coefficient (Wildman–Crippen LogP) is 3.59. The molecule has 7 nitrogen and oxygen atoms in total. The largest absolute Gasteiger partial charge is 0.342 e. The number of sulfone groups is 1. The summed E-state index contributed by atoms with van der Waals surface area (Å²) in [5, 5.41) is 0. The van der Waals surface area contributed by atoms with E-state index >= 15 is 0 Å². The quantitative estimate of drug-likeness (QED) is 0.540. The van der Waals surface area contributed by atoms with E-state index in [0.29, 0.717) is 23.3 Å². The summed E-state index contributed by atoms with van der Waals surface area (Å²) in [5.74, 6) is 1.12. The fourth-order valence-corrected chi connectivity index (χ4v) is 7.09. The average molecular weight is 560 g/mol. The van der Waals surface area contributed by atoms with E-state index in [2.05, 4.69) is 29.2 Å². The van der Waals surface area contributed by atoms with Crippen LogP contribution in [-0.2, 0) is 26.0 Å². The third-order valence-electron chi connectivity index (χ3n) is 8.75. The van der Waals surface area contributed by atoms with E-state index in [-0.39, 0.29) is 29.6 Å². The molecule has 5 rings (SSSR count). The van der Waals surface area contributed by atoms with Crippen molar-refractivity contribution in [2.24, 2.45) is 11.3 Å². The van der Waals surface area contributed by atoms with Gasteiger partial charge in [-0.15, -0.1) is 12.4 Å². The molecule has 2 atom stereocenters. The van der Waals surface area contributed by atoms with Crippen molar-refractivity contribution in [2.75, 3.05) is 45.5 Å². The van der Waals surface area contributed by atoms with Crippen LogP contribution >= 0.6 is 12.4 Å². The number of hydrogen-bond donors (Lipinski definition) is 0. The van der Waals surface area contributed by atoms with Gasteiger partial charge in [0.05, 0.1) is 10.3 Å². The highest BCUT2D eigenvalue weighted by atomic mass is 35.5. The summed E-state index contributed by atoms with van der Waals surface area (Å²) in [7, 11) is -3.23. The number of halogens is 1. The third-order valence-corrected chi connectivity index (χ3v) is 9.87. The van der Waals surface area contributed by atoms with Gasteiger partial charge in [0.15, 0.2) is 9.84 Å². The number of hydrogen-bond acceptors (Lipinski definition) is 5. The molecule has 2 amide bonds. The molecule has 0 aliphatic carbocycles. The Morgan fingerprint density at radius 3 is 2.18 bits per heavy atom. The van der Waals surface area contributed by atoms with Crippen LogP contribution in [0.25, 0.3) is 0 Å². The van der Waals surface area contributed by atoms with Crippen molar-refractivity contribution in [3.63, 3.8) is 0 Å². The molecule has 0 radical (unpaired) electrons. The Hall–Kier alpha value is -2.42. The van der Waals surface area contributed by atoms with Crippen LogP contribution in [0.2, 0.25) is 0 Å². The van der Waals surface area contributed by atoms with Crippen molar-refractivity contribution < 1.29 is 18.0 Å². The Bertz CT molecular complexity index is 1240. The van der Waals surface area contributed by atoms with Gasteiger partial charge < -0.3 is 14.7 Å². The van der Waals surface area contributed by atoms with Crippen molar-refractivity contribution in [3.05, 3.63) is 65.7 Å². The number of piperidine rings is 1. The number of likely N-dealkylation sites (tertiary alicyclic amines) is 3. The molecule has 0 saturated carbocycles.